The molecule has 4 rings (SSSR count). The molecule has 1 fully saturated rings. The summed E-state index contributed by atoms with van der Waals surface area (Å²) in [7, 11) is 1.66. The number of carbonyl (C=O) groups excluding carboxylic acids is 1. The Bertz CT molecular complexity index is 974. The Morgan fingerprint density at radius 3 is 2.77 bits per heavy atom. The topological polar surface area (TPSA) is 84.2 Å². The number of nitrogens with one attached hydrogen (secondary N) is 1. The maximum absolute atomic E-state index is 13.2. The first-order chi connectivity index (χ1) is 12.5. The summed E-state index contributed by atoms with van der Waals surface area (Å²) in [6.45, 7) is 6.34. The van der Waals surface area contributed by atoms with Crippen LogP contribution in [0.4, 0.5) is 0 Å². The molecule has 0 saturated carbocycles. The van der Waals surface area contributed by atoms with Gasteiger partial charge in [-0.15, -0.1) is 10.2 Å². The molecule has 2 atom stereocenters. The molecule has 1 amide bonds. The van der Waals surface area contributed by atoms with Gasteiger partial charge in [0.2, 0.25) is 11.8 Å². The van der Waals surface area contributed by atoms with E-state index in [4.69, 9.17) is 9.15 Å². The molecule has 0 bridgehead atoms. The van der Waals surface area contributed by atoms with E-state index >= 15 is 0 Å². The first kappa shape index (κ1) is 16.8. The second-order valence-electron chi connectivity index (χ2n) is 6.95. The number of aromatic amines is 1. The number of nitrogens with zero attached hydrogens (tertiary/aromatic N) is 3. The van der Waals surface area contributed by atoms with Gasteiger partial charge >= 0.3 is 0 Å². The van der Waals surface area contributed by atoms with Crippen LogP contribution in [0, 0.1) is 20.8 Å². The zero-order chi connectivity index (χ0) is 18.4. The van der Waals surface area contributed by atoms with Crippen molar-refractivity contribution in [3.8, 4) is 0 Å². The molecule has 0 radical (unpaired) electrons. The number of amides is 1. The van der Waals surface area contributed by atoms with Gasteiger partial charge in [0.1, 0.15) is 11.7 Å². The minimum absolute atomic E-state index is 0.0514. The molecular weight excluding hydrogens is 332 g/mol. The van der Waals surface area contributed by atoms with E-state index in [1.807, 2.05) is 13.0 Å². The molecule has 7 heteroatoms. The smallest absolute Gasteiger partial charge is 0.271 e. The number of carbonyl (C=O) groups is 1. The van der Waals surface area contributed by atoms with E-state index in [0.29, 0.717) is 30.4 Å². The molecule has 1 N–H and O–H groups in total. The Morgan fingerprint density at radius 1 is 1.27 bits per heavy atom. The lowest BCUT2D eigenvalue weighted by atomic mass is 10.1. The zero-order valence-corrected chi connectivity index (χ0v) is 15.4. The molecule has 2 aromatic heterocycles. The standard InChI is InChI=1S/C19H22N4O3/c1-10-5-11(2)14-8-16(20-15(14)6-10)19(24)23-9-13(25-4)7-17(23)18-22-21-12(3)26-18/h5-6,8,13,17,20H,7,9H2,1-4H3/t13-,17+/m0/s1. The van der Waals surface area contributed by atoms with Crippen LogP contribution in [0.25, 0.3) is 10.9 Å². The third kappa shape index (κ3) is 2.78. The van der Waals surface area contributed by atoms with Crippen LogP contribution < -0.4 is 0 Å². The molecule has 1 saturated heterocycles. The second-order valence-corrected chi connectivity index (χ2v) is 6.95. The Hall–Kier alpha value is -2.67. The minimum Gasteiger partial charge on any atom is -0.423 e. The Morgan fingerprint density at radius 2 is 2.08 bits per heavy atom. The van der Waals surface area contributed by atoms with E-state index in [1.165, 1.54) is 0 Å². The fourth-order valence-electron chi connectivity index (χ4n) is 3.74. The molecular formula is C19H22N4O3. The highest BCUT2D eigenvalue weighted by Gasteiger charge is 2.40. The number of hydrogen-bond acceptors (Lipinski definition) is 5. The average Bonchev–Trinajstić information content (AvgIpc) is 3.30. The predicted molar refractivity (Wildman–Crippen MR) is 96.0 cm³/mol. The van der Waals surface area contributed by atoms with Gasteiger partial charge in [-0.25, -0.2) is 0 Å². The summed E-state index contributed by atoms with van der Waals surface area (Å²) < 4.78 is 11.1. The van der Waals surface area contributed by atoms with Gasteiger partial charge in [0, 0.05) is 37.9 Å². The largest absolute Gasteiger partial charge is 0.423 e. The SMILES string of the molecule is CO[C@H]1C[C@H](c2nnc(C)o2)N(C(=O)c2cc3c(C)cc(C)cc3[nH]2)C1. The number of H-pyrrole nitrogens is 1. The summed E-state index contributed by atoms with van der Waals surface area (Å²) in [5.41, 5.74) is 3.84. The number of benzene rings is 1. The van der Waals surface area contributed by atoms with Gasteiger partial charge in [0.25, 0.3) is 5.91 Å². The lowest BCUT2D eigenvalue weighted by Gasteiger charge is -2.21. The summed E-state index contributed by atoms with van der Waals surface area (Å²) in [4.78, 5) is 18.2. The number of rotatable bonds is 3. The van der Waals surface area contributed by atoms with Crippen LogP contribution in [0.15, 0.2) is 22.6 Å². The average molecular weight is 354 g/mol. The molecule has 0 spiro atoms. The van der Waals surface area contributed by atoms with Crippen molar-refractivity contribution in [1.29, 1.82) is 0 Å². The van der Waals surface area contributed by atoms with Gasteiger partial charge in [-0.2, -0.15) is 0 Å². The molecule has 1 aromatic carbocycles. The minimum atomic E-state index is -0.275. The number of hydrogen-bond donors (Lipinski definition) is 1. The third-order valence-electron chi connectivity index (χ3n) is 5.00. The molecule has 1 aliphatic heterocycles. The monoisotopic (exact) mass is 354 g/mol. The molecule has 0 aliphatic carbocycles. The first-order valence-corrected chi connectivity index (χ1v) is 8.70. The zero-order valence-electron chi connectivity index (χ0n) is 15.4. The van der Waals surface area contributed by atoms with Crippen LogP contribution in [0.3, 0.4) is 0 Å². The summed E-state index contributed by atoms with van der Waals surface area (Å²) in [6, 6.07) is 5.82. The van der Waals surface area contributed by atoms with Crippen LogP contribution in [-0.4, -0.2) is 45.7 Å². The van der Waals surface area contributed by atoms with Crippen molar-refractivity contribution in [2.24, 2.45) is 0 Å². The van der Waals surface area contributed by atoms with Crippen LogP contribution in [0.5, 0.6) is 0 Å². The lowest BCUT2D eigenvalue weighted by Crippen LogP contribution is -2.32. The van der Waals surface area contributed by atoms with E-state index < -0.39 is 0 Å². The van der Waals surface area contributed by atoms with Crippen LogP contribution in [0.1, 0.15) is 45.9 Å². The predicted octanol–water partition coefficient (Wildman–Crippen LogP) is 3.08. The highest BCUT2D eigenvalue weighted by molar-refractivity contribution is 5.99. The van der Waals surface area contributed by atoms with Crippen molar-refractivity contribution in [1.82, 2.24) is 20.1 Å². The third-order valence-corrected chi connectivity index (χ3v) is 5.00. The Kier molecular flexibility index (Phi) is 4.03. The van der Waals surface area contributed by atoms with Gasteiger partial charge < -0.3 is 19.0 Å². The molecule has 136 valence electrons. The first-order valence-electron chi connectivity index (χ1n) is 8.70. The van der Waals surface area contributed by atoms with Crippen molar-refractivity contribution in [2.45, 2.75) is 39.3 Å². The van der Waals surface area contributed by atoms with Crippen molar-refractivity contribution in [2.75, 3.05) is 13.7 Å². The number of fused-ring (bicyclic) bond motifs is 1. The van der Waals surface area contributed by atoms with E-state index in [1.54, 1.807) is 18.9 Å². The van der Waals surface area contributed by atoms with Crippen LogP contribution >= 0.6 is 0 Å². The van der Waals surface area contributed by atoms with E-state index in [9.17, 15) is 4.79 Å². The molecule has 7 nitrogen and oxygen atoms in total. The second kappa shape index (κ2) is 6.25. The van der Waals surface area contributed by atoms with E-state index in [-0.39, 0.29) is 18.1 Å². The Balaban J connectivity index is 1.70. The molecule has 3 heterocycles. The number of aryl methyl sites for hydroxylation is 3. The van der Waals surface area contributed by atoms with Gasteiger partial charge in [0.05, 0.1) is 6.10 Å². The Labute approximate surface area is 151 Å². The maximum atomic E-state index is 13.2. The molecule has 26 heavy (non-hydrogen) atoms. The lowest BCUT2D eigenvalue weighted by molar-refractivity contribution is 0.0669. The van der Waals surface area contributed by atoms with Gasteiger partial charge in [-0.1, -0.05) is 6.07 Å². The van der Waals surface area contributed by atoms with E-state index in [0.717, 1.165) is 22.0 Å². The van der Waals surface area contributed by atoms with Crippen LogP contribution in [0.2, 0.25) is 0 Å². The summed E-state index contributed by atoms with van der Waals surface area (Å²) in [5, 5.41) is 9.08. The fraction of sp³-hybridized carbons (Fsp3) is 0.421. The molecule has 0 unspecified atom stereocenters. The summed E-state index contributed by atoms with van der Waals surface area (Å²) in [6.07, 6.45) is 0.590. The summed E-state index contributed by atoms with van der Waals surface area (Å²) >= 11 is 0. The number of methoxy groups -OCH3 is 1. The number of ether oxygens (including phenoxy) is 1. The van der Waals surface area contributed by atoms with Crippen molar-refractivity contribution < 1.29 is 13.9 Å². The van der Waals surface area contributed by atoms with E-state index in [2.05, 4.69) is 34.2 Å². The highest BCUT2D eigenvalue weighted by Crippen LogP contribution is 2.34. The van der Waals surface area contributed by atoms with Gasteiger partial charge in [-0.05, 0) is 37.1 Å². The van der Waals surface area contributed by atoms with Crippen molar-refractivity contribution in [3.05, 3.63) is 46.8 Å². The summed E-state index contributed by atoms with van der Waals surface area (Å²) in [5.74, 6) is 0.863. The quantitative estimate of drug-likeness (QED) is 0.781. The van der Waals surface area contributed by atoms with Crippen molar-refractivity contribution in [3.63, 3.8) is 0 Å². The van der Waals surface area contributed by atoms with Crippen molar-refractivity contribution >= 4 is 16.8 Å². The maximum Gasteiger partial charge on any atom is 0.271 e. The van der Waals surface area contributed by atoms with Gasteiger partial charge in [0.15, 0.2) is 0 Å². The number of likely N-dealkylation sites (tertiary alicyclic amines) is 1. The normalized spacial score (nSPS) is 20.2. The number of aromatic nitrogens is 3. The van der Waals surface area contributed by atoms with Crippen LogP contribution in [-0.2, 0) is 4.74 Å². The van der Waals surface area contributed by atoms with Gasteiger partial charge in [-0.3, -0.25) is 4.79 Å². The molecule has 3 aromatic rings. The highest BCUT2D eigenvalue weighted by atomic mass is 16.5. The molecule has 1 aliphatic rings. The fourth-order valence-corrected chi connectivity index (χ4v) is 3.74.